The molecule has 0 aliphatic carbocycles. The highest BCUT2D eigenvalue weighted by molar-refractivity contribution is 5.97. The van der Waals surface area contributed by atoms with E-state index in [1.165, 1.54) is 20.3 Å². The number of esters is 2. The maximum Gasteiger partial charge on any atom is 0.337 e. The fraction of sp³-hybridized carbons (Fsp3) is 0.154. The van der Waals surface area contributed by atoms with Crippen LogP contribution in [-0.4, -0.2) is 36.4 Å². The van der Waals surface area contributed by atoms with Crippen LogP contribution in [0.25, 0.3) is 17.0 Å². The topological polar surface area (TPSA) is 81.3 Å². The molecular weight excluding hydrogens is 248 g/mol. The van der Waals surface area contributed by atoms with Gasteiger partial charge in [0.1, 0.15) is 0 Å². The first-order valence-electron chi connectivity index (χ1n) is 5.48. The van der Waals surface area contributed by atoms with E-state index in [-0.39, 0.29) is 0 Å². The summed E-state index contributed by atoms with van der Waals surface area (Å²) in [5.41, 5.74) is 1.71. The van der Waals surface area contributed by atoms with Crippen molar-refractivity contribution in [2.45, 2.75) is 0 Å². The zero-order valence-corrected chi connectivity index (χ0v) is 10.5. The monoisotopic (exact) mass is 260 g/mol. The molecule has 1 N–H and O–H groups in total. The van der Waals surface area contributed by atoms with Gasteiger partial charge in [0.05, 0.1) is 31.0 Å². The second kappa shape index (κ2) is 5.34. The van der Waals surface area contributed by atoms with Crippen molar-refractivity contribution >= 4 is 28.9 Å². The highest BCUT2D eigenvalue weighted by Gasteiger charge is 2.09. The number of rotatable bonds is 3. The minimum Gasteiger partial charge on any atom is -0.466 e. The molecule has 0 unspecified atom stereocenters. The van der Waals surface area contributed by atoms with Crippen molar-refractivity contribution < 1.29 is 19.1 Å². The lowest BCUT2D eigenvalue weighted by atomic mass is 10.1. The molecule has 0 aliphatic rings. The molecule has 0 saturated carbocycles. The molecule has 1 aromatic carbocycles. The summed E-state index contributed by atoms with van der Waals surface area (Å²) in [6.07, 6.45) is 2.83. The van der Waals surface area contributed by atoms with Crippen LogP contribution in [-0.2, 0) is 14.3 Å². The predicted molar refractivity (Wildman–Crippen MR) is 68.5 cm³/mol. The first-order valence-corrected chi connectivity index (χ1v) is 5.48. The number of fused-ring (bicyclic) bond motifs is 1. The van der Waals surface area contributed by atoms with E-state index in [0.29, 0.717) is 16.8 Å². The molecule has 0 aliphatic heterocycles. The number of benzene rings is 1. The molecule has 0 atom stereocenters. The van der Waals surface area contributed by atoms with E-state index in [0.717, 1.165) is 5.39 Å². The summed E-state index contributed by atoms with van der Waals surface area (Å²) in [5.74, 6) is -0.870. The van der Waals surface area contributed by atoms with Gasteiger partial charge in [-0.25, -0.2) is 9.59 Å². The number of aromatic nitrogens is 2. The molecule has 6 nitrogen and oxygen atoms in total. The Morgan fingerprint density at radius 3 is 2.74 bits per heavy atom. The number of aromatic amines is 1. The molecule has 0 amide bonds. The molecule has 0 bridgehead atoms. The van der Waals surface area contributed by atoms with Gasteiger partial charge in [0, 0.05) is 11.5 Å². The second-order valence-electron chi connectivity index (χ2n) is 3.72. The fourth-order valence-electron chi connectivity index (χ4n) is 1.63. The maximum absolute atomic E-state index is 11.4. The molecule has 2 rings (SSSR count). The van der Waals surface area contributed by atoms with Crippen molar-refractivity contribution in [1.29, 1.82) is 0 Å². The fourth-order valence-corrected chi connectivity index (χ4v) is 1.63. The van der Waals surface area contributed by atoms with Gasteiger partial charge in [-0.1, -0.05) is 0 Å². The summed E-state index contributed by atoms with van der Waals surface area (Å²) in [5, 5.41) is 7.64. The molecule has 0 spiro atoms. The van der Waals surface area contributed by atoms with E-state index >= 15 is 0 Å². The SMILES string of the molecule is COC(=O)C=Cc1n[nH]c2cc(C(=O)OC)ccc12. The van der Waals surface area contributed by atoms with Crippen LogP contribution in [0.15, 0.2) is 24.3 Å². The van der Waals surface area contributed by atoms with Crippen molar-refractivity contribution in [3.8, 4) is 0 Å². The Bertz CT molecular complexity index is 658. The van der Waals surface area contributed by atoms with E-state index in [4.69, 9.17) is 0 Å². The predicted octanol–water partition coefficient (Wildman–Crippen LogP) is 1.54. The van der Waals surface area contributed by atoms with Gasteiger partial charge in [-0.05, 0) is 24.3 Å². The normalized spacial score (nSPS) is 10.8. The van der Waals surface area contributed by atoms with Gasteiger partial charge >= 0.3 is 11.9 Å². The average molecular weight is 260 g/mol. The maximum atomic E-state index is 11.4. The summed E-state index contributed by atoms with van der Waals surface area (Å²) in [7, 11) is 2.63. The van der Waals surface area contributed by atoms with Gasteiger partial charge in [0.25, 0.3) is 0 Å². The Hall–Kier alpha value is -2.63. The van der Waals surface area contributed by atoms with Gasteiger partial charge in [-0.2, -0.15) is 5.10 Å². The number of nitrogens with zero attached hydrogens (tertiary/aromatic N) is 1. The van der Waals surface area contributed by atoms with E-state index in [2.05, 4.69) is 19.7 Å². The van der Waals surface area contributed by atoms with Gasteiger partial charge < -0.3 is 9.47 Å². The molecule has 6 heteroatoms. The molecule has 98 valence electrons. The lowest BCUT2D eigenvalue weighted by molar-refractivity contribution is -0.134. The Morgan fingerprint density at radius 1 is 1.26 bits per heavy atom. The molecule has 1 aromatic heterocycles. The smallest absolute Gasteiger partial charge is 0.337 e. The van der Waals surface area contributed by atoms with Gasteiger partial charge in [0.15, 0.2) is 0 Å². The second-order valence-corrected chi connectivity index (χ2v) is 3.72. The van der Waals surface area contributed by atoms with Crippen LogP contribution >= 0.6 is 0 Å². The van der Waals surface area contributed by atoms with E-state index in [9.17, 15) is 9.59 Å². The molecular formula is C13H12N2O4. The van der Waals surface area contributed by atoms with Crippen LogP contribution < -0.4 is 0 Å². The van der Waals surface area contributed by atoms with E-state index in [1.54, 1.807) is 24.3 Å². The van der Waals surface area contributed by atoms with Gasteiger partial charge in [-0.15, -0.1) is 0 Å². The quantitative estimate of drug-likeness (QED) is 0.668. The number of hydrogen-bond donors (Lipinski definition) is 1. The lowest BCUT2D eigenvalue weighted by Crippen LogP contribution is -2.00. The minimum atomic E-state index is -0.456. The van der Waals surface area contributed by atoms with Crippen LogP contribution in [0.5, 0.6) is 0 Å². The number of ether oxygens (including phenoxy) is 2. The standard InChI is InChI=1S/C13H12N2O4/c1-18-12(16)6-5-10-9-4-3-8(13(17)19-2)7-11(9)15-14-10/h3-7H,1-2H3,(H,14,15). The van der Waals surface area contributed by atoms with Crippen molar-refractivity contribution in [1.82, 2.24) is 10.2 Å². The Kier molecular flexibility index (Phi) is 3.61. The molecule has 19 heavy (non-hydrogen) atoms. The average Bonchev–Trinajstić information content (AvgIpc) is 2.86. The molecule has 0 fully saturated rings. The third-order valence-electron chi connectivity index (χ3n) is 2.59. The highest BCUT2D eigenvalue weighted by Crippen LogP contribution is 2.19. The van der Waals surface area contributed by atoms with Crippen LogP contribution in [0.1, 0.15) is 16.1 Å². The van der Waals surface area contributed by atoms with Crippen molar-refractivity contribution in [3.63, 3.8) is 0 Å². The lowest BCUT2D eigenvalue weighted by Gasteiger charge is -1.98. The summed E-state index contributed by atoms with van der Waals surface area (Å²) in [6.45, 7) is 0. The number of methoxy groups -OCH3 is 2. The largest absolute Gasteiger partial charge is 0.466 e. The number of carbonyl (C=O) groups is 2. The van der Waals surface area contributed by atoms with E-state index in [1.807, 2.05) is 0 Å². The van der Waals surface area contributed by atoms with E-state index < -0.39 is 11.9 Å². The Balaban J connectivity index is 2.37. The molecule has 2 aromatic rings. The highest BCUT2D eigenvalue weighted by atomic mass is 16.5. The number of nitrogens with one attached hydrogen (secondary N) is 1. The first kappa shape index (κ1) is 12.8. The molecule has 1 heterocycles. The first-order chi connectivity index (χ1) is 9.15. The van der Waals surface area contributed by atoms with Crippen LogP contribution in [0, 0.1) is 0 Å². The summed E-state index contributed by atoms with van der Waals surface area (Å²) < 4.78 is 9.14. The van der Waals surface area contributed by atoms with Gasteiger partial charge in [-0.3, -0.25) is 5.10 Å². The number of carbonyl (C=O) groups excluding carboxylic acids is 2. The summed E-state index contributed by atoms with van der Waals surface area (Å²) in [6, 6.07) is 5.02. The third-order valence-corrected chi connectivity index (χ3v) is 2.59. The number of H-pyrrole nitrogens is 1. The third kappa shape index (κ3) is 2.62. The van der Waals surface area contributed by atoms with Crippen molar-refractivity contribution in [2.24, 2.45) is 0 Å². The van der Waals surface area contributed by atoms with Crippen LogP contribution in [0.2, 0.25) is 0 Å². The number of hydrogen-bond acceptors (Lipinski definition) is 5. The zero-order valence-electron chi connectivity index (χ0n) is 10.5. The zero-order chi connectivity index (χ0) is 13.8. The molecule has 0 saturated heterocycles. The Morgan fingerprint density at radius 2 is 2.05 bits per heavy atom. The summed E-state index contributed by atoms with van der Waals surface area (Å²) in [4.78, 5) is 22.4. The minimum absolute atomic E-state index is 0.414. The molecule has 0 radical (unpaired) electrons. The van der Waals surface area contributed by atoms with Crippen molar-refractivity contribution in [2.75, 3.05) is 14.2 Å². The van der Waals surface area contributed by atoms with Crippen LogP contribution in [0.4, 0.5) is 0 Å². The Labute approximate surface area is 109 Å². The van der Waals surface area contributed by atoms with Crippen LogP contribution in [0.3, 0.4) is 0 Å². The summed E-state index contributed by atoms with van der Waals surface area (Å²) >= 11 is 0. The van der Waals surface area contributed by atoms with Gasteiger partial charge in [0.2, 0.25) is 0 Å². The van der Waals surface area contributed by atoms with Crippen molar-refractivity contribution in [3.05, 3.63) is 35.5 Å².